The summed E-state index contributed by atoms with van der Waals surface area (Å²) in [7, 11) is -3.58. The molecule has 2 heterocycles. The van der Waals surface area contributed by atoms with Gasteiger partial charge in [-0.1, -0.05) is 11.6 Å². The van der Waals surface area contributed by atoms with Crippen molar-refractivity contribution in [2.45, 2.75) is 44.9 Å². The summed E-state index contributed by atoms with van der Waals surface area (Å²) in [5, 5.41) is 0.578. The molecule has 2 aromatic carbocycles. The summed E-state index contributed by atoms with van der Waals surface area (Å²) < 4.78 is 33.8. The Kier molecular flexibility index (Phi) is 6.76. The summed E-state index contributed by atoms with van der Waals surface area (Å²) in [5.41, 5.74) is 2.01. The van der Waals surface area contributed by atoms with Crippen molar-refractivity contribution in [1.29, 1.82) is 0 Å². The Morgan fingerprint density at radius 1 is 1.03 bits per heavy atom. The Morgan fingerprint density at radius 2 is 1.67 bits per heavy atom. The van der Waals surface area contributed by atoms with Crippen molar-refractivity contribution >= 4 is 27.5 Å². The van der Waals surface area contributed by atoms with Crippen molar-refractivity contribution in [2.24, 2.45) is 5.41 Å². The van der Waals surface area contributed by atoms with Crippen LogP contribution in [0.2, 0.25) is 5.02 Å². The maximum absolute atomic E-state index is 13.4. The number of amides is 1. The third-order valence-corrected chi connectivity index (χ3v) is 9.40. The highest BCUT2D eigenvalue weighted by atomic mass is 35.5. The molecular weight excluding hydrogens is 460 g/mol. The predicted molar refractivity (Wildman–Crippen MR) is 129 cm³/mol. The second-order valence-corrected chi connectivity index (χ2v) is 11.5. The van der Waals surface area contributed by atoms with Gasteiger partial charge in [-0.3, -0.25) is 4.79 Å². The number of hydrogen-bond donors (Lipinski definition) is 0. The lowest BCUT2D eigenvalue weighted by atomic mass is 9.78. The van der Waals surface area contributed by atoms with Crippen LogP contribution in [0.4, 0.5) is 0 Å². The molecule has 2 aliphatic heterocycles. The Morgan fingerprint density at radius 3 is 2.30 bits per heavy atom. The fourth-order valence-corrected chi connectivity index (χ4v) is 6.97. The molecule has 0 aromatic heterocycles. The molecule has 0 saturated carbocycles. The monoisotopic (exact) mass is 490 g/mol. The molecule has 6 nitrogen and oxygen atoms in total. The fraction of sp³-hybridized carbons (Fsp3) is 0.480. The van der Waals surface area contributed by atoms with E-state index in [1.807, 2.05) is 30.9 Å². The van der Waals surface area contributed by atoms with Gasteiger partial charge in [0.15, 0.2) is 0 Å². The highest BCUT2D eigenvalue weighted by Crippen LogP contribution is 2.43. The Hall–Kier alpha value is -2.09. The van der Waals surface area contributed by atoms with Crippen LogP contribution in [0.5, 0.6) is 5.75 Å². The molecule has 2 aromatic rings. The van der Waals surface area contributed by atoms with Crippen molar-refractivity contribution < 1.29 is 17.9 Å². The molecule has 1 spiro atoms. The molecule has 2 saturated heterocycles. The number of carbonyl (C=O) groups excluding carboxylic acids is 1. The number of sulfonamides is 1. The molecule has 33 heavy (non-hydrogen) atoms. The van der Waals surface area contributed by atoms with E-state index in [1.165, 1.54) is 0 Å². The lowest BCUT2D eigenvalue weighted by molar-refractivity contribution is 0.0599. The van der Waals surface area contributed by atoms with Gasteiger partial charge in [0.25, 0.3) is 5.91 Å². The third-order valence-electron chi connectivity index (χ3n) is 7.00. The molecule has 2 aliphatic rings. The van der Waals surface area contributed by atoms with Crippen molar-refractivity contribution in [3.05, 3.63) is 58.1 Å². The first kappa shape index (κ1) is 24.0. The van der Waals surface area contributed by atoms with E-state index < -0.39 is 10.0 Å². The molecule has 0 N–H and O–H groups in total. The van der Waals surface area contributed by atoms with E-state index in [0.29, 0.717) is 53.8 Å². The molecule has 8 heteroatoms. The molecular formula is C25H31ClN2O4S. The van der Waals surface area contributed by atoms with Gasteiger partial charge >= 0.3 is 0 Å². The minimum Gasteiger partial charge on any atom is -0.494 e. The highest BCUT2D eigenvalue weighted by molar-refractivity contribution is 7.89. The maximum atomic E-state index is 13.4. The van der Waals surface area contributed by atoms with Gasteiger partial charge in [-0.05, 0) is 93.0 Å². The largest absolute Gasteiger partial charge is 0.494 e. The van der Waals surface area contributed by atoms with Crippen LogP contribution in [-0.4, -0.2) is 56.3 Å². The van der Waals surface area contributed by atoms with Gasteiger partial charge in [0.1, 0.15) is 5.75 Å². The first-order valence-corrected chi connectivity index (χ1v) is 13.3. The zero-order valence-electron chi connectivity index (χ0n) is 19.4. The predicted octanol–water partition coefficient (Wildman–Crippen LogP) is 4.67. The van der Waals surface area contributed by atoms with Crippen LogP contribution in [0.15, 0.2) is 41.3 Å². The Balaban J connectivity index is 1.41. The molecule has 0 radical (unpaired) electrons. The normalized spacial score (nSPS) is 18.6. The number of benzene rings is 2. The zero-order valence-corrected chi connectivity index (χ0v) is 21.0. The van der Waals surface area contributed by atoms with Crippen LogP contribution in [-0.2, 0) is 10.0 Å². The van der Waals surface area contributed by atoms with Crippen molar-refractivity contribution in [3.63, 3.8) is 0 Å². The van der Waals surface area contributed by atoms with E-state index in [0.717, 1.165) is 30.6 Å². The van der Waals surface area contributed by atoms with Crippen LogP contribution in [0.25, 0.3) is 0 Å². The molecule has 2 fully saturated rings. The van der Waals surface area contributed by atoms with Crippen LogP contribution >= 0.6 is 11.6 Å². The van der Waals surface area contributed by atoms with Gasteiger partial charge in [-0.2, -0.15) is 4.31 Å². The number of aryl methyl sites for hydroxylation is 2. The van der Waals surface area contributed by atoms with Crippen molar-refractivity contribution in [3.8, 4) is 5.75 Å². The second kappa shape index (κ2) is 9.28. The number of piperidine rings is 1. The number of carbonyl (C=O) groups is 1. The van der Waals surface area contributed by atoms with Crippen LogP contribution < -0.4 is 4.74 Å². The molecule has 178 valence electrons. The molecule has 4 rings (SSSR count). The van der Waals surface area contributed by atoms with E-state index >= 15 is 0 Å². The molecule has 1 amide bonds. The van der Waals surface area contributed by atoms with Gasteiger partial charge in [-0.15, -0.1) is 0 Å². The summed E-state index contributed by atoms with van der Waals surface area (Å²) in [5.74, 6) is 0.771. The Labute approximate surface area is 201 Å². The SMILES string of the molecule is CCOc1ccc(C(=O)N2CCC3(CC2)CCN(S(=O)(=O)c2cc(C)c(Cl)cc2C)C3)cc1. The van der Waals surface area contributed by atoms with Gasteiger partial charge in [-0.25, -0.2) is 8.42 Å². The number of rotatable bonds is 5. The molecule has 0 unspecified atom stereocenters. The average molecular weight is 491 g/mol. The first-order chi connectivity index (χ1) is 15.6. The lowest BCUT2D eigenvalue weighted by Gasteiger charge is -2.39. The summed E-state index contributed by atoms with van der Waals surface area (Å²) >= 11 is 6.17. The minimum absolute atomic E-state index is 0.0163. The van der Waals surface area contributed by atoms with E-state index in [-0.39, 0.29) is 11.3 Å². The lowest BCUT2D eigenvalue weighted by Crippen LogP contribution is -2.44. The van der Waals surface area contributed by atoms with E-state index in [1.54, 1.807) is 35.5 Å². The van der Waals surface area contributed by atoms with E-state index in [2.05, 4.69) is 0 Å². The summed E-state index contributed by atoms with van der Waals surface area (Å²) in [6, 6.07) is 10.7. The van der Waals surface area contributed by atoms with E-state index in [9.17, 15) is 13.2 Å². The topological polar surface area (TPSA) is 66.9 Å². The number of nitrogens with zero attached hydrogens (tertiary/aromatic N) is 2. The summed E-state index contributed by atoms with van der Waals surface area (Å²) in [6.07, 6.45) is 2.43. The summed E-state index contributed by atoms with van der Waals surface area (Å²) in [6.45, 7) is 8.41. The highest BCUT2D eigenvalue weighted by Gasteiger charge is 2.45. The van der Waals surface area contributed by atoms with E-state index in [4.69, 9.17) is 16.3 Å². The average Bonchev–Trinajstić information content (AvgIpc) is 3.21. The van der Waals surface area contributed by atoms with Crippen molar-refractivity contribution in [1.82, 2.24) is 9.21 Å². The molecule has 0 bridgehead atoms. The Bertz CT molecular complexity index is 1140. The maximum Gasteiger partial charge on any atom is 0.253 e. The second-order valence-electron chi connectivity index (χ2n) is 9.21. The molecule has 0 atom stereocenters. The quantitative estimate of drug-likeness (QED) is 0.610. The van der Waals surface area contributed by atoms with Crippen molar-refractivity contribution in [2.75, 3.05) is 32.8 Å². The minimum atomic E-state index is -3.58. The van der Waals surface area contributed by atoms with Gasteiger partial charge in [0.05, 0.1) is 11.5 Å². The van der Waals surface area contributed by atoms with Gasteiger partial charge < -0.3 is 9.64 Å². The summed E-state index contributed by atoms with van der Waals surface area (Å²) in [4.78, 5) is 15.2. The number of ether oxygens (including phenoxy) is 1. The zero-order chi connectivity index (χ0) is 23.8. The van der Waals surface area contributed by atoms with Crippen LogP contribution in [0.1, 0.15) is 47.7 Å². The van der Waals surface area contributed by atoms with Crippen LogP contribution in [0, 0.1) is 19.3 Å². The third kappa shape index (κ3) is 4.77. The molecule has 0 aliphatic carbocycles. The number of hydrogen-bond acceptors (Lipinski definition) is 4. The van der Waals surface area contributed by atoms with Crippen LogP contribution in [0.3, 0.4) is 0 Å². The smallest absolute Gasteiger partial charge is 0.253 e. The van der Waals surface area contributed by atoms with Gasteiger partial charge in [0, 0.05) is 36.8 Å². The number of halogens is 1. The van der Waals surface area contributed by atoms with Gasteiger partial charge in [0.2, 0.25) is 10.0 Å². The number of likely N-dealkylation sites (tertiary alicyclic amines) is 1. The fourth-order valence-electron chi connectivity index (χ4n) is 4.91. The standard InChI is InChI=1S/C25H31ClN2O4S/c1-4-32-21-7-5-20(6-8-21)24(29)27-12-9-25(10-13-27)11-14-28(17-25)33(30,31)23-16-18(2)22(26)15-19(23)3/h5-8,15-16H,4,9-14,17H2,1-3H3. The first-order valence-electron chi connectivity index (χ1n) is 11.4.